The Hall–Kier alpha value is -2.47. The number of hydrogen-bond donors (Lipinski definition) is 3. The summed E-state index contributed by atoms with van der Waals surface area (Å²) in [5.74, 6) is -0.697. The van der Waals surface area contributed by atoms with Crippen LogP contribution in [0.3, 0.4) is 0 Å². The van der Waals surface area contributed by atoms with E-state index in [1.54, 1.807) is 0 Å². The van der Waals surface area contributed by atoms with Gasteiger partial charge < -0.3 is 15.7 Å². The van der Waals surface area contributed by atoms with Crippen molar-refractivity contribution in [3.8, 4) is 0 Å². The zero-order chi connectivity index (χ0) is 13.9. The van der Waals surface area contributed by atoms with Gasteiger partial charge in [0.15, 0.2) is 5.69 Å². The molecule has 0 atom stereocenters. The molecule has 0 spiro atoms. The molecule has 3 rings (SSSR count). The van der Waals surface area contributed by atoms with E-state index in [0.29, 0.717) is 24.5 Å². The monoisotopic (exact) mass is 270 g/mol. The minimum Gasteiger partial charge on any atom is -0.476 e. The summed E-state index contributed by atoms with van der Waals surface area (Å²) in [5.41, 5.74) is 2.38. The molecule has 0 saturated carbocycles. The highest BCUT2D eigenvalue weighted by atomic mass is 16.4. The predicted molar refractivity (Wildman–Crippen MR) is 74.1 cm³/mol. The van der Waals surface area contributed by atoms with Crippen LogP contribution in [0.2, 0.25) is 0 Å². The van der Waals surface area contributed by atoms with E-state index in [-0.39, 0.29) is 5.69 Å². The number of benzene rings is 1. The van der Waals surface area contributed by atoms with Crippen LogP contribution in [0.15, 0.2) is 30.3 Å². The Morgan fingerprint density at radius 3 is 2.80 bits per heavy atom. The fourth-order valence-electron chi connectivity index (χ4n) is 2.23. The lowest BCUT2D eigenvalue weighted by Gasteiger charge is -2.18. The second-order valence-corrected chi connectivity index (χ2v) is 4.54. The van der Waals surface area contributed by atoms with Gasteiger partial charge in [-0.3, -0.25) is 0 Å². The minimum atomic E-state index is -1.02. The van der Waals surface area contributed by atoms with Gasteiger partial charge in [0.05, 0.1) is 5.69 Å². The van der Waals surface area contributed by atoms with Crippen molar-refractivity contribution in [1.82, 2.24) is 15.3 Å². The molecule has 0 unspecified atom stereocenters. The zero-order valence-electron chi connectivity index (χ0n) is 10.8. The molecular formula is C14H14N4O2. The summed E-state index contributed by atoms with van der Waals surface area (Å²) in [7, 11) is 0. The number of nitrogens with zero attached hydrogens (tertiary/aromatic N) is 2. The molecule has 102 valence electrons. The molecule has 20 heavy (non-hydrogen) atoms. The Labute approximate surface area is 115 Å². The molecule has 2 aromatic rings. The first-order valence-electron chi connectivity index (χ1n) is 6.40. The molecule has 6 nitrogen and oxygen atoms in total. The highest BCUT2D eigenvalue weighted by Crippen LogP contribution is 2.20. The molecule has 0 aliphatic carbocycles. The first-order chi connectivity index (χ1) is 9.74. The van der Waals surface area contributed by atoms with Crippen molar-refractivity contribution in [2.75, 3.05) is 11.9 Å². The van der Waals surface area contributed by atoms with E-state index in [4.69, 9.17) is 0 Å². The molecule has 0 saturated heterocycles. The Morgan fingerprint density at radius 2 is 2.05 bits per heavy atom. The number of fused-ring (bicyclic) bond motifs is 1. The van der Waals surface area contributed by atoms with Gasteiger partial charge >= 0.3 is 5.97 Å². The van der Waals surface area contributed by atoms with Gasteiger partial charge in [-0.25, -0.2) is 14.8 Å². The number of anilines is 2. The lowest BCUT2D eigenvalue weighted by atomic mass is 10.1. The molecule has 3 N–H and O–H groups in total. The topological polar surface area (TPSA) is 87.1 Å². The molecule has 0 bridgehead atoms. The van der Waals surface area contributed by atoms with Gasteiger partial charge in [0.25, 0.3) is 0 Å². The molecule has 1 aromatic heterocycles. The van der Waals surface area contributed by atoms with Gasteiger partial charge in [-0.15, -0.1) is 0 Å². The SMILES string of the molecule is O=C(O)c1nc(Nc2ccccc2)nc2c1CNCC2. The number of aromatic nitrogens is 2. The maximum Gasteiger partial charge on any atom is 0.355 e. The van der Waals surface area contributed by atoms with Crippen LogP contribution in [0.4, 0.5) is 11.6 Å². The van der Waals surface area contributed by atoms with Crippen LogP contribution in [0, 0.1) is 0 Å². The van der Waals surface area contributed by atoms with Crippen LogP contribution < -0.4 is 10.6 Å². The standard InChI is InChI=1S/C14H14N4O2/c19-13(20)12-10-8-15-7-6-11(10)17-14(18-12)16-9-4-2-1-3-5-9/h1-5,15H,6-8H2,(H,19,20)(H,16,17,18). The highest BCUT2D eigenvalue weighted by Gasteiger charge is 2.21. The first-order valence-corrected chi connectivity index (χ1v) is 6.40. The number of nitrogens with one attached hydrogen (secondary N) is 2. The van der Waals surface area contributed by atoms with Gasteiger partial charge in [-0.1, -0.05) is 18.2 Å². The fourth-order valence-corrected chi connectivity index (χ4v) is 2.23. The van der Waals surface area contributed by atoms with Crippen molar-refractivity contribution in [1.29, 1.82) is 0 Å². The molecule has 2 heterocycles. The summed E-state index contributed by atoms with van der Waals surface area (Å²) in [6, 6.07) is 9.45. The third-order valence-corrected chi connectivity index (χ3v) is 3.17. The van der Waals surface area contributed by atoms with Gasteiger partial charge in [0, 0.05) is 30.8 Å². The average molecular weight is 270 g/mol. The van der Waals surface area contributed by atoms with Crippen molar-refractivity contribution in [3.05, 3.63) is 47.3 Å². The first kappa shape index (κ1) is 12.6. The second-order valence-electron chi connectivity index (χ2n) is 4.54. The smallest absolute Gasteiger partial charge is 0.355 e. The van der Waals surface area contributed by atoms with Gasteiger partial charge in [0.1, 0.15) is 0 Å². The molecule has 0 radical (unpaired) electrons. The number of carbonyl (C=O) groups is 1. The van der Waals surface area contributed by atoms with Crippen molar-refractivity contribution in [3.63, 3.8) is 0 Å². The van der Waals surface area contributed by atoms with Crippen molar-refractivity contribution >= 4 is 17.6 Å². The summed E-state index contributed by atoms with van der Waals surface area (Å²) in [6.45, 7) is 1.30. The number of para-hydroxylation sites is 1. The highest BCUT2D eigenvalue weighted by molar-refractivity contribution is 5.88. The molecule has 6 heteroatoms. The number of aromatic carboxylic acids is 1. The van der Waals surface area contributed by atoms with Gasteiger partial charge in [0.2, 0.25) is 5.95 Å². The Balaban J connectivity index is 2.00. The summed E-state index contributed by atoms with van der Waals surface area (Å²) < 4.78 is 0. The maximum atomic E-state index is 11.3. The molecule has 1 aliphatic rings. The van der Waals surface area contributed by atoms with Gasteiger partial charge in [-0.2, -0.15) is 0 Å². The lowest BCUT2D eigenvalue weighted by molar-refractivity contribution is 0.0688. The van der Waals surface area contributed by atoms with Gasteiger partial charge in [-0.05, 0) is 12.1 Å². The third kappa shape index (κ3) is 2.46. The van der Waals surface area contributed by atoms with Crippen LogP contribution in [-0.4, -0.2) is 27.6 Å². The number of rotatable bonds is 3. The number of hydrogen-bond acceptors (Lipinski definition) is 5. The second kappa shape index (κ2) is 5.26. The third-order valence-electron chi connectivity index (χ3n) is 3.17. The van der Waals surface area contributed by atoms with E-state index in [1.165, 1.54) is 0 Å². The van der Waals surface area contributed by atoms with Crippen LogP contribution >= 0.6 is 0 Å². The van der Waals surface area contributed by atoms with Crippen LogP contribution in [0.25, 0.3) is 0 Å². The Morgan fingerprint density at radius 1 is 1.25 bits per heavy atom. The molecule has 0 fully saturated rings. The molecule has 0 amide bonds. The van der Waals surface area contributed by atoms with E-state index in [2.05, 4.69) is 20.6 Å². The Bertz CT molecular complexity index is 643. The number of carboxylic acid groups (broad SMARTS) is 1. The van der Waals surface area contributed by atoms with Crippen LogP contribution in [-0.2, 0) is 13.0 Å². The zero-order valence-corrected chi connectivity index (χ0v) is 10.8. The largest absolute Gasteiger partial charge is 0.476 e. The van der Waals surface area contributed by atoms with Crippen molar-refractivity contribution in [2.45, 2.75) is 13.0 Å². The normalized spacial score (nSPS) is 13.6. The molecule has 1 aromatic carbocycles. The number of carboxylic acids is 1. The van der Waals surface area contributed by atoms with Crippen molar-refractivity contribution < 1.29 is 9.90 Å². The summed E-state index contributed by atoms with van der Waals surface area (Å²) in [4.78, 5) is 19.9. The van der Waals surface area contributed by atoms with E-state index < -0.39 is 5.97 Å². The Kier molecular flexibility index (Phi) is 3.30. The van der Waals surface area contributed by atoms with Crippen molar-refractivity contribution in [2.24, 2.45) is 0 Å². The summed E-state index contributed by atoms with van der Waals surface area (Å²) in [6.07, 6.45) is 0.710. The lowest BCUT2D eigenvalue weighted by Crippen LogP contribution is -2.28. The fraction of sp³-hybridized carbons (Fsp3) is 0.214. The van der Waals surface area contributed by atoms with E-state index >= 15 is 0 Å². The average Bonchev–Trinajstić information content (AvgIpc) is 2.47. The van der Waals surface area contributed by atoms with E-state index in [1.807, 2.05) is 30.3 Å². The van der Waals surface area contributed by atoms with E-state index in [0.717, 1.165) is 17.9 Å². The molecule has 1 aliphatic heterocycles. The van der Waals surface area contributed by atoms with E-state index in [9.17, 15) is 9.90 Å². The summed E-state index contributed by atoms with van der Waals surface area (Å²) >= 11 is 0. The quantitative estimate of drug-likeness (QED) is 0.784. The molecular weight excluding hydrogens is 256 g/mol. The van der Waals surface area contributed by atoms with Crippen LogP contribution in [0.5, 0.6) is 0 Å². The summed E-state index contributed by atoms with van der Waals surface area (Å²) in [5, 5.41) is 15.5. The van der Waals surface area contributed by atoms with Crippen LogP contribution in [0.1, 0.15) is 21.7 Å². The predicted octanol–water partition coefficient (Wildman–Crippen LogP) is 1.56. The maximum absolute atomic E-state index is 11.3. The minimum absolute atomic E-state index is 0.0700.